The van der Waals surface area contributed by atoms with Crippen molar-refractivity contribution < 1.29 is 19.2 Å². The van der Waals surface area contributed by atoms with Crippen LogP contribution in [0.5, 0.6) is 0 Å². The maximum atomic E-state index is 13.2. The molecule has 2 N–H and O–H groups in total. The number of carbonyl (C=O) groups excluding carboxylic acids is 4. The van der Waals surface area contributed by atoms with E-state index in [4.69, 9.17) is 5.73 Å². The second kappa shape index (κ2) is 7.16. The van der Waals surface area contributed by atoms with E-state index in [0.29, 0.717) is 5.56 Å². The molecule has 6 heteroatoms. The quantitative estimate of drug-likeness (QED) is 0.549. The van der Waals surface area contributed by atoms with Gasteiger partial charge in [0.15, 0.2) is 11.6 Å². The SMILES string of the molecule is NC(=O)C(=O)N(Cc1ccccc1)c1cccc2c1C(=O)c1ccccc1C2=O. The summed E-state index contributed by atoms with van der Waals surface area (Å²) in [5, 5.41) is 0. The molecule has 0 heterocycles. The number of benzene rings is 3. The average Bonchev–Trinajstić information content (AvgIpc) is 2.75. The number of nitrogens with two attached hydrogens (primary N) is 1. The summed E-state index contributed by atoms with van der Waals surface area (Å²) in [7, 11) is 0. The third kappa shape index (κ3) is 3.10. The minimum atomic E-state index is -1.14. The first-order chi connectivity index (χ1) is 14.0. The van der Waals surface area contributed by atoms with Gasteiger partial charge in [0, 0.05) is 16.7 Å². The fraction of sp³-hybridized carbons (Fsp3) is 0.0435. The molecule has 0 bridgehead atoms. The van der Waals surface area contributed by atoms with Gasteiger partial charge in [-0.3, -0.25) is 24.1 Å². The molecule has 4 rings (SSSR count). The number of hydrogen-bond donors (Lipinski definition) is 1. The van der Waals surface area contributed by atoms with E-state index in [1.165, 1.54) is 0 Å². The molecule has 0 unspecified atom stereocenters. The summed E-state index contributed by atoms with van der Waals surface area (Å²) >= 11 is 0. The zero-order valence-electron chi connectivity index (χ0n) is 15.3. The number of amides is 2. The van der Waals surface area contributed by atoms with E-state index < -0.39 is 11.8 Å². The number of anilines is 1. The Morgan fingerprint density at radius 1 is 0.724 bits per heavy atom. The van der Waals surface area contributed by atoms with Crippen LogP contribution in [0.1, 0.15) is 37.4 Å². The van der Waals surface area contributed by atoms with Crippen LogP contribution >= 0.6 is 0 Å². The van der Waals surface area contributed by atoms with Crippen molar-refractivity contribution in [2.45, 2.75) is 6.54 Å². The lowest BCUT2D eigenvalue weighted by Gasteiger charge is -2.27. The molecular formula is C23H16N2O4. The first-order valence-corrected chi connectivity index (χ1v) is 8.95. The standard InChI is InChI=1S/C23H16N2O4/c24-22(28)23(29)25(13-14-7-2-1-3-8-14)18-12-6-11-17-19(18)21(27)16-10-5-4-9-15(16)20(17)26/h1-12H,13H2,(H2,24,28). The van der Waals surface area contributed by atoms with Crippen molar-refractivity contribution >= 4 is 29.1 Å². The molecule has 1 aliphatic carbocycles. The number of fused-ring (bicyclic) bond motifs is 2. The van der Waals surface area contributed by atoms with Crippen molar-refractivity contribution in [3.63, 3.8) is 0 Å². The van der Waals surface area contributed by atoms with Gasteiger partial charge in [-0.1, -0.05) is 66.7 Å². The maximum absolute atomic E-state index is 13.2. The number of hydrogen-bond acceptors (Lipinski definition) is 4. The highest BCUT2D eigenvalue weighted by atomic mass is 16.2. The number of carbonyl (C=O) groups is 4. The van der Waals surface area contributed by atoms with E-state index in [1.807, 2.05) is 6.07 Å². The second-order valence-electron chi connectivity index (χ2n) is 6.64. The summed E-state index contributed by atoms with van der Waals surface area (Å²) in [5.41, 5.74) is 7.07. The van der Waals surface area contributed by atoms with Crippen molar-refractivity contribution in [2.24, 2.45) is 5.73 Å². The molecule has 0 spiro atoms. The second-order valence-corrected chi connectivity index (χ2v) is 6.64. The number of nitrogens with zero attached hydrogens (tertiary/aromatic N) is 1. The van der Waals surface area contributed by atoms with Crippen LogP contribution in [0.15, 0.2) is 72.8 Å². The lowest BCUT2D eigenvalue weighted by molar-refractivity contribution is -0.135. The Balaban J connectivity index is 1.89. The fourth-order valence-corrected chi connectivity index (χ4v) is 3.52. The number of ketones is 2. The van der Waals surface area contributed by atoms with Crippen LogP contribution < -0.4 is 10.6 Å². The number of primary amides is 1. The molecule has 0 aliphatic heterocycles. The van der Waals surface area contributed by atoms with E-state index in [2.05, 4.69) is 0 Å². The topological polar surface area (TPSA) is 97.5 Å². The molecule has 0 fully saturated rings. The lowest BCUT2D eigenvalue weighted by atomic mass is 9.83. The van der Waals surface area contributed by atoms with Gasteiger partial charge in [0.25, 0.3) is 0 Å². The largest absolute Gasteiger partial charge is 0.361 e. The van der Waals surface area contributed by atoms with Gasteiger partial charge >= 0.3 is 11.8 Å². The molecule has 6 nitrogen and oxygen atoms in total. The maximum Gasteiger partial charge on any atom is 0.316 e. The van der Waals surface area contributed by atoms with Crippen molar-refractivity contribution in [2.75, 3.05) is 4.90 Å². The zero-order valence-corrected chi connectivity index (χ0v) is 15.3. The van der Waals surface area contributed by atoms with Gasteiger partial charge in [-0.25, -0.2) is 0 Å². The third-order valence-electron chi connectivity index (χ3n) is 4.86. The molecule has 0 atom stereocenters. The average molecular weight is 384 g/mol. The van der Waals surface area contributed by atoms with E-state index in [9.17, 15) is 19.2 Å². The Bertz CT molecular complexity index is 1170. The van der Waals surface area contributed by atoms with Crippen LogP contribution in [0.2, 0.25) is 0 Å². The lowest BCUT2D eigenvalue weighted by Crippen LogP contribution is -2.41. The van der Waals surface area contributed by atoms with Gasteiger partial charge < -0.3 is 5.73 Å². The fourth-order valence-electron chi connectivity index (χ4n) is 3.52. The van der Waals surface area contributed by atoms with Crippen LogP contribution in [-0.4, -0.2) is 23.4 Å². The predicted molar refractivity (Wildman–Crippen MR) is 107 cm³/mol. The first-order valence-electron chi connectivity index (χ1n) is 8.95. The third-order valence-corrected chi connectivity index (χ3v) is 4.86. The Labute approximate surface area is 166 Å². The summed E-state index contributed by atoms with van der Waals surface area (Å²) in [6.07, 6.45) is 0. The Hall–Kier alpha value is -4.06. The molecule has 0 radical (unpaired) electrons. The Morgan fingerprint density at radius 2 is 1.31 bits per heavy atom. The molecule has 3 aromatic rings. The van der Waals surface area contributed by atoms with Crippen LogP contribution in [0.4, 0.5) is 5.69 Å². The van der Waals surface area contributed by atoms with Crippen LogP contribution in [0, 0.1) is 0 Å². The molecule has 142 valence electrons. The molecule has 0 aromatic heterocycles. The first kappa shape index (κ1) is 18.3. The molecule has 2 amide bonds. The van der Waals surface area contributed by atoms with Crippen molar-refractivity contribution in [3.05, 3.63) is 101 Å². The van der Waals surface area contributed by atoms with Gasteiger partial charge in [0.1, 0.15) is 0 Å². The molecule has 0 saturated heterocycles. The van der Waals surface area contributed by atoms with Gasteiger partial charge in [-0.2, -0.15) is 0 Å². The predicted octanol–water partition coefficient (Wildman–Crippen LogP) is 2.48. The van der Waals surface area contributed by atoms with Crippen molar-refractivity contribution in [1.29, 1.82) is 0 Å². The molecule has 1 aliphatic rings. The Kier molecular flexibility index (Phi) is 4.52. The van der Waals surface area contributed by atoms with Crippen LogP contribution in [0.25, 0.3) is 0 Å². The van der Waals surface area contributed by atoms with Crippen molar-refractivity contribution in [1.82, 2.24) is 0 Å². The van der Waals surface area contributed by atoms with Crippen LogP contribution in [-0.2, 0) is 16.1 Å². The summed E-state index contributed by atoms with van der Waals surface area (Å²) in [4.78, 5) is 51.6. The smallest absolute Gasteiger partial charge is 0.316 e. The zero-order chi connectivity index (χ0) is 20.5. The summed E-state index contributed by atoms with van der Waals surface area (Å²) in [5.74, 6) is -2.78. The van der Waals surface area contributed by atoms with E-state index in [1.54, 1.807) is 66.7 Å². The van der Waals surface area contributed by atoms with Gasteiger partial charge in [-0.05, 0) is 11.6 Å². The molecule has 29 heavy (non-hydrogen) atoms. The van der Waals surface area contributed by atoms with E-state index in [0.717, 1.165) is 10.5 Å². The van der Waals surface area contributed by atoms with Gasteiger partial charge in [-0.15, -0.1) is 0 Å². The monoisotopic (exact) mass is 384 g/mol. The normalized spacial score (nSPS) is 12.1. The van der Waals surface area contributed by atoms with Gasteiger partial charge in [0.2, 0.25) is 0 Å². The summed E-state index contributed by atoms with van der Waals surface area (Å²) < 4.78 is 0. The Morgan fingerprint density at radius 3 is 1.97 bits per heavy atom. The summed E-state index contributed by atoms with van der Waals surface area (Å²) in [6.45, 7) is 0.0299. The minimum absolute atomic E-state index is 0.0299. The van der Waals surface area contributed by atoms with Gasteiger partial charge in [0.05, 0.1) is 17.8 Å². The highest BCUT2D eigenvalue weighted by Gasteiger charge is 2.34. The van der Waals surface area contributed by atoms with Crippen molar-refractivity contribution in [3.8, 4) is 0 Å². The highest BCUT2D eigenvalue weighted by Crippen LogP contribution is 2.34. The van der Waals surface area contributed by atoms with Crippen LogP contribution in [0.3, 0.4) is 0 Å². The van der Waals surface area contributed by atoms with E-state index in [-0.39, 0.29) is 40.5 Å². The highest BCUT2D eigenvalue weighted by molar-refractivity contribution is 6.41. The number of rotatable bonds is 3. The minimum Gasteiger partial charge on any atom is -0.361 e. The summed E-state index contributed by atoms with van der Waals surface area (Å²) in [6, 6.07) is 20.2. The molecule has 0 saturated carbocycles. The van der Waals surface area contributed by atoms with E-state index >= 15 is 0 Å². The molecule has 3 aromatic carbocycles. The molecular weight excluding hydrogens is 368 g/mol.